The molecule has 1 heterocycles. The average Bonchev–Trinajstić information content (AvgIpc) is 3.14. The number of hydrogen-bond acceptors (Lipinski definition) is 7. The summed E-state index contributed by atoms with van der Waals surface area (Å²) in [5.41, 5.74) is 2.30. The maximum Gasteiger partial charge on any atom is 0.295 e. The van der Waals surface area contributed by atoms with Crippen molar-refractivity contribution in [3.8, 4) is 23.0 Å². The number of rotatable bonds is 8. The van der Waals surface area contributed by atoms with E-state index in [-0.39, 0.29) is 29.4 Å². The van der Waals surface area contributed by atoms with E-state index < -0.39 is 17.7 Å². The number of aliphatic hydroxyl groups is 1. The van der Waals surface area contributed by atoms with Crippen LogP contribution in [-0.4, -0.2) is 47.6 Å². The number of methoxy groups -OCH3 is 2. The SMILES string of the molecule is CCOc1cc(C2/C(=C(\O)c3ccc(OC)cc3C)C(=O)C(=O)N2Cc2cccc(OC)c2)ccc1O. The second kappa shape index (κ2) is 10.7. The monoisotopic (exact) mass is 503 g/mol. The van der Waals surface area contributed by atoms with Crippen molar-refractivity contribution in [1.29, 1.82) is 0 Å². The Kier molecular flexibility index (Phi) is 7.38. The number of ether oxygens (including phenoxy) is 3. The zero-order valence-electron chi connectivity index (χ0n) is 21.1. The van der Waals surface area contributed by atoms with Gasteiger partial charge in [0.05, 0.1) is 32.4 Å². The quantitative estimate of drug-likeness (QED) is 0.260. The van der Waals surface area contributed by atoms with Gasteiger partial charge in [-0.1, -0.05) is 18.2 Å². The van der Waals surface area contributed by atoms with Crippen LogP contribution in [0.3, 0.4) is 0 Å². The van der Waals surface area contributed by atoms with Gasteiger partial charge in [0.15, 0.2) is 11.5 Å². The standard InChI is InChI=1S/C29H29NO7/c1-5-37-24-15-19(9-12-23(24)31)26-25(27(32)22-11-10-21(36-4)13-17(22)2)28(33)29(34)30(26)16-18-7-6-8-20(14-18)35-3/h6-15,26,31-32H,5,16H2,1-4H3/b27-25+. The molecule has 0 aromatic heterocycles. The molecule has 1 unspecified atom stereocenters. The fraction of sp³-hybridized carbons (Fsp3) is 0.241. The van der Waals surface area contributed by atoms with Crippen LogP contribution in [0.2, 0.25) is 0 Å². The van der Waals surface area contributed by atoms with Crippen LogP contribution >= 0.6 is 0 Å². The lowest BCUT2D eigenvalue weighted by atomic mass is 9.93. The third-order valence-electron chi connectivity index (χ3n) is 6.32. The molecule has 1 saturated heterocycles. The van der Waals surface area contributed by atoms with Crippen LogP contribution < -0.4 is 14.2 Å². The summed E-state index contributed by atoms with van der Waals surface area (Å²) >= 11 is 0. The Labute approximate surface area is 215 Å². The van der Waals surface area contributed by atoms with Crippen molar-refractivity contribution in [2.45, 2.75) is 26.4 Å². The Bertz CT molecular complexity index is 1380. The molecule has 1 fully saturated rings. The van der Waals surface area contributed by atoms with Gasteiger partial charge in [-0.2, -0.15) is 0 Å². The first kappa shape index (κ1) is 25.6. The van der Waals surface area contributed by atoms with Crippen molar-refractivity contribution in [3.05, 3.63) is 88.5 Å². The molecule has 0 bridgehead atoms. The first-order chi connectivity index (χ1) is 17.8. The largest absolute Gasteiger partial charge is 0.507 e. The lowest BCUT2D eigenvalue weighted by Gasteiger charge is -2.26. The van der Waals surface area contributed by atoms with Gasteiger partial charge in [0.2, 0.25) is 0 Å². The van der Waals surface area contributed by atoms with Gasteiger partial charge in [0.25, 0.3) is 11.7 Å². The summed E-state index contributed by atoms with van der Waals surface area (Å²) in [6.07, 6.45) is 0. The number of phenols is 1. The topological polar surface area (TPSA) is 106 Å². The van der Waals surface area contributed by atoms with Crippen molar-refractivity contribution in [3.63, 3.8) is 0 Å². The molecule has 1 amide bonds. The average molecular weight is 504 g/mol. The number of aromatic hydroxyl groups is 1. The van der Waals surface area contributed by atoms with Crippen LogP contribution in [0.1, 0.15) is 35.2 Å². The van der Waals surface area contributed by atoms with E-state index >= 15 is 0 Å². The molecule has 1 aliphatic heterocycles. The minimum Gasteiger partial charge on any atom is -0.507 e. The second-order valence-electron chi connectivity index (χ2n) is 8.62. The van der Waals surface area contributed by atoms with Crippen molar-refractivity contribution >= 4 is 17.4 Å². The van der Waals surface area contributed by atoms with Crippen LogP contribution in [0.5, 0.6) is 23.0 Å². The van der Waals surface area contributed by atoms with E-state index in [4.69, 9.17) is 14.2 Å². The normalized spacial score (nSPS) is 16.6. The molecule has 0 saturated carbocycles. The number of Topliss-reactive ketones (excluding diaryl/α,β-unsaturated/α-hetero) is 1. The Morgan fingerprint density at radius 1 is 0.973 bits per heavy atom. The van der Waals surface area contributed by atoms with Gasteiger partial charge in [0.1, 0.15) is 17.3 Å². The number of likely N-dealkylation sites (tertiary alicyclic amines) is 1. The Morgan fingerprint density at radius 2 is 1.70 bits per heavy atom. The molecule has 0 radical (unpaired) electrons. The molecule has 37 heavy (non-hydrogen) atoms. The predicted octanol–water partition coefficient (Wildman–Crippen LogP) is 4.74. The molecule has 8 nitrogen and oxygen atoms in total. The number of aryl methyl sites for hydroxylation is 1. The van der Waals surface area contributed by atoms with E-state index in [1.165, 1.54) is 11.0 Å². The van der Waals surface area contributed by atoms with Gasteiger partial charge in [0, 0.05) is 12.1 Å². The van der Waals surface area contributed by atoms with Crippen LogP contribution in [-0.2, 0) is 16.1 Å². The summed E-state index contributed by atoms with van der Waals surface area (Å²) in [6, 6.07) is 16.0. The minimum atomic E-state index is -0.924. The highest BCUT2D eigenvalue weighted by Gasteiger charge is 2.46. The van der Waals surface area contributed by atoms with Gasteiger partial charge in [-0.25, -0.2) is 0 Å². The Morgan fingerprint density at radius 3 is 2.38 bits per heavy atom. The van der Waals surface area contributed by atoms with E-state index in [0.717, 1.165) is 5.56 Å². The number of aliphatic hydroxyl groups excluding tert-OH is 1. The fourth-order valence-electron chi connectivity index (χ4n) is 4.50. The summed E-state index contributed by atoms with van der Waals surface area (Å²) in [6.45, 7) is 3.97. The van der Waals surface area contributed by atoms with Gasteiger partial charge >= 0.3 is 0 Å². The molecule has 1 atom stereocenters. The lowest BCUT2D eigenvalue weighted by molar-refractivity contribution is -0.140. The highest BCUT2D eigenvalue weighted by atomic mass is 16.5. The van der Waals surface area contributed by atoms with E-state index in [0.29, 0.717) is 34.8 Å². The van der Waals surface area contributed by atoms with Crippen molar-refractivity contribution in [2.75, 3.05) is 20.8 Å². The maximum atomic E-state index is 13.4. The third-order valence-corrected chi connectivity index (χ3v) is 6.32. The molecule has 0 spiro atoms. The van der Waals surface area contributed by atoms with Crippen molar-refractivity contribution in [2.24, 2.45) is 0 Å². The number of amides is 1. The number of hydrogen-bond donors (Lipinski definition) is 2. The predicted molar refractivity (Wildman–Crippen MR) is 138 cm³/mol. The molecule has 1 aliphatic rings. The number of carbonyl (C=O) groups is 2. The molecule has 0 aliphatic carbocycles. The van der Waals surface area contributed by atoms with Gasteiger partial charge in [-0.15, -0.1) is 0 Å². The molecular weight excluding hydrogens is 474 g/mol. The molecular formula is C29H29NO7. The molecule has 192 valence electrons. The highest BCUT2D eigenvalue weighted by molar-refractivity contribution is 6.46. The zero-order chi connectivity index (χ0) is 26.7. The van der Waals surface area contributed by atoms with Crippen molar-refractivity contribution in [1.82, 2.24) is 4.90 Å². The van der Waals surface area contributed by atoms with E-state index in [2.05, 4.69) is 0 Å². The summed E-state index contributed by atoms with van der Waals surface area (Å²) in [5, 5.41) is 21.7. The molecule has 2 N–H and O–H groups in total. The molecule has 3 aromatic carbocycles. The summed E-state index contributed by atoms with van der Waals surface area (Å²) < 4.78 is 16.1. The van der Waals surface area contributed by atoms with E-state index in [1.54, 1.807) is 76.6 Å². The molecule has 4 rings (SSSR count). The first-order valence-corrected chi connectivity index (χ1v) is 11.8. The number of nitrogens with zero attached hydrogens (tertiary/aromatic N) is 1. The van der Waals surface area contributed by atoms with Gasteiger partial charge in [-0.3, -0.25) is 9.59 Å². The summed E-state index contributed by atoms with van der Waals surface area (Å²) in [5.74, 6) is -0.471. The Balaban J connectivity index is 1.89. The zero-order valence-corrected chi connectivity index (χ0v) is 21.1. The van der Waals surface area contributed by atoms with E-state index in [9.17, 15) is 19.8 Å². The maximum absolute atomic E-state index is 13.4. The van der Waals surface area contributed by atoms with Crippen LogP contribution in [0.25, 0.3) is 5.76 Å². The lowest BCUT2D eigenvalue weighted by Crippen LogP contribution is -2.29. The van der Waals surface area contributed by atoms with Crippen molar-refractivity contribution < 1.29 is 34.0 Å². The van der Waals surface area contributed by atoms with Crippen LogP contribution in [0.15, 0.2) is 66.2 Å². The smallest absolute Gasteiger partial charge is 0.295 e. The highest BCUT2D eigenvalue weighted by Crippen LogP contribution is 2.43. The van der Waals surface area contributed by atoms with E-state index in [1.807, 2.05) is 6.07 Å². The summed E-state index contributed by atoms with van der Waals surface area (Å²) in [4.78, 5) is 28.2. The number of ketones is 1. The van der Waals surface area contributed by atoms with Gasteiger partial charge < -0.3 is 29.3 Å². The van der Waals surface area contributed by atoms with Crippen LogP contribution in [0.4, 0.5) is 0 Å². The summed E-state index contributed by atoms with van der Waals surface area (Å²) in [7, 11) is 3.09. The number of carbonyl (C=O) groups excluding carboxylic acids is 2. The molecule has 8 heteroatoms. The fourth-order valence-corrected chi connectivity index (χ4v) is 4.50. The number of benzene rings is 3. The first-order valence-electron chi connectivity index (χ1n) is 11.8. The Hall–Kier alpha value is -4.46. The third kappa shape index (κ3) is 4.95. The minimum absolute atomic E-state index is 0.0469. The second-order valence-corrected chi connectivity index (χ2v) is 8.62. The number of phenolic OH excluding ortho intramolecular Hbond substituents is 1. The van der Waals surface area contributed by atoms with Gasteiger partial charge in [-0.05, 0) is 73.0 Å². The van der Waals surface area contributed by atoms with Crippen LogP contribution in [0, 0.1) is 6.92 Å². The molecule has 3 aromatic rings.